The predicted molar refractivity (Wildman–Crippen MR) is 44.9 cm³/mol. The van der Waals surface area contributed by atoms with Crippen LogP contribution in [-0.2, 0) is 0 Å². The van der Waals surface area contributed by atoms with Crippen LogP contribution in [0.25, 0.3) is 11.3 Å². The number of aromatic nitrogens is 2. The summed E-state index contributed by atoms with van der Waals surface area (Å²) in [7, 11) is 0. The van der Waals surface area contributed by atoms with Gasteiger partial charge >= 0.3 is 0 Å². The molecule has 3 heteroatoms. The van der Waals surface area contributed by atoms with Crippen LogP contribution in [-0.4, -0.2) is 10.2 Å². The number of rotatable bonds is 0. The lowest BCUT2D eigenvalue weighted by molar-refractivity contribution is 0.995. The first-order valence-electron chi connectivity index (χ1n) is 3.59. The van der Waals surface area contributed by atoms with E-state index in [-0.39, 0.29) is 5.56 Å². The van der Waals surface area contributed by atoms with Gasteiger partial charge in [0.2, 0.25) is 0 Å². The molecule has 1 heterocycles. The summed E-state index contributed by atoms with van der Waals surface area (Å²) in [5, 5.41) is 7.19. The van der Waals surface area contributed by atoms with Crippen molar-refractivity contribution in [3.05, 3.63) is 46.8 Å². The highest BCUT2D eigenvalue weighted by molar-refractivity contribution is 5.57. The van der Waals surface area contributed by atoms with Gasteiger partial charge in [-0.3, -0.25) is 4.79 Å². The molecule has 0 saturated heterocycles. The third-order valence-electron chi connectivity index (χ3n) is 1.58. The van der Waals surface area contributed by atoms with Crippen LogP contribution in [0, 0.1) is 0 Å². The molecule has 0 radical (unpaired) electrons. The second-order valence-electron chi connectivity index (χ2n) is 2.43. The molecule has 0 fully saturated rings. The minimum absolute atomic E-state index is 0.297. The van der Waals surface area contributed by atoms with Crippen molar-refractivity contribution in [3.63, 3.8) is 0 Å². The fourth-order valence-electron chi connectivity index (χ4n) is 1.03. The van der Waals surface area contributed by atoms with Crippen LogP contribution in [0.1, 0.15) is 0 Å². The summed E-state index contributed by atoms with van der Waals surface area (Å²) in [4.78, 5) is 10.8. The van der Waals surface area contributed by atoms with Crippen LogP contribution in [0.15, 0.2) is 41.2 Å². The molecule has 1 aliphatic carbocycles. The maximum atomic E-state index is 10.8. The standard InChI is InChI=1S/C9H6N2O/c12-9-6-7-4-2-1-3-5-8(7)10-11-9/h1-6H. The molecule has 0 saturated carbocycles. The molecular formula is C9H6N2O. The largest absolute Gasteiger partial charge is 0.288 e. The molecule has 2 rings (SSSR count). The summed E-state index contributed by atoms with van der Waals surface area (Å²) in [6.45, 7) is 0. The van der Waals surface area contributed by atoms with Crippen molar-refractivity contribution in [1.82, 2.24) is 10.2 Å². The van der Waals surface area contributed by atoms with Gasteiger partial charge in [0.1, 0.15) is 0 Å². The van der Waals surface area contributed by atoms with Gasteiger partial charge in [-0.2, -0.15) is 0 Å². The predicted octanol–water partition coefficient (Wildman–Crippen LogP) is 0.942. The zero-order chi connectivity index (χ0) is 8.39. The van der Waals surface area contributed by atoms with Crippen molar-refractivity contribution in [2.24, 2.45) is 0 Å². The first-order valence-corrected chi connectivity index (χ1v) is 3.59. The van der Waals surface area contributed by atoms with Crippen molar-refractivity contribution in [2.45, 2.75) is 0 Å². The van der Waals surface area contributed by atoms with Crippen LogP contribution >= 0.6 is 0 Å². The normalized spacial score (nSPS) is 10.0. The van der Waals surface area contributed by atoms with Crippen molar-refractivity contribution in [3.8, 4) is 11.3 Å². The van der Waals surface area contributed by atoms with E-state index >= 15 is 0 Å². The van der Waals surface area contributed by atoms with E-state index < -0.39 is 0 Å². The summed E-state index contributed by atoms with van der Waals surface area (Å²) in [6.07, 6.45) is 0. The van der Waals surface area contributed by atoms with Crippen molar-refractivity contribution in [1.29, 1.82) is 0 Å². The molecule has 0 bridgehead atoms. The zero-order valence-corrected chi connectivity index (χ0v) is 6.27. The summed E-state index contributed by atoms with van der Waals surface area (Å²) in [6, 6.07) is 10.7. The fraction of sp³-hybridized carbons (Fsp3) is 0. The lowest BCUT2D eigenvalue weighted by Gasteiger charge is -1.93. The Hall–Kier alpha value is -1.77. The van der Waals surface area contributed by atoms with Crippen LogP contribution in [0.5, 0.6) is 0 Å². The van der Waals surface area contributed by atoms with Crippen LogP contribution in [0.4, 0.5) is 0 Å². The molecule has 2 aliphatic rings. The lowest BCUT2D eigenvalue weighted by Crippen LogP contribution is -2.07. The summed E-state index contributed by atoms with van der Waals surface area (Å²) in [5.41, 5.74) is 1.26. The first kappa shape index (κ1) is 6.91. The molecule has 0 aromatic carbocycles. The smallest absolute Gasteiger partial charge is 0.266 e. The monoisotopic (exact) mass is 158 g/mol. The summed E-state index contributed by atoms with van der Waals surface area (Å²) >= 11 is 0. The molecule has 0 amide bonds. The highest BCUT2D eigenvalue weighted by atomic mass is 16.1. The molecule has 0 aromatic heterocycles. The quantitative estimate of drug-likeness (QED) is 0.573. The molecule has 0 N–H and O–H groups in total. The molecule has 0 aromatic rings. The van der Waals surface area contributed by atoms with Crippen LogP contribution in [0.2, 0.25) is 0 Å². The molecule has 0 spiro atoms. The maximum absolute atomic E-state index is 10.8. The fourth-order valence-corrected chi connectivity index (χ4v) is 1.03. The highest BCUT2D eigenvalue weighted by Crippen LogP contribution is 2.12. The average molecular weight is 158 g/mol. The van der Waals surface area contributed by atoms with Crippen molar-refractivity contribution >= 4 is 0 Å². The topological polar surface area (TPSA) is 42.9 Å². The molecule has 58 valence electrons. The van der Waals surface area contributed by atoms with Gasteiger partial charge in [0, 0.05) is 11.6 Å². The van der Waals surface area contributed by atoms with Gasteiger partial charge in [0.15, 0.2) is 0 Å². The van der Waals surface area contributed by atoms with Gasteiger partial charge in [-0.15, -0.1) is 10.2 Å². The molecule has 12 heavy (non-hydrogen) atoms. The molecule has 1 aliphatic heterocycles. The van der Waals surface area contributed by atoms with Gasteiger partial charge in [-0.1, -0.05) is 24.3 Å². The van der Waals surface area contributed by atoms with E-state index in [0.717, 1.165) is 11.3 Å². The second kappa shape index (κ2) is 2.70. The minimum Gasteiger partial charge on any atom is -0.266 e. The Balaban J connectivity index is 2.82. The molecule has 0 unspecified atom stereocenters. The van der Waals surface area contributed by atoms with E-state index in [1.807, 2.05) is 30.3 Å². The Bertz CT molecular complexity index is 428. The Morgan fingerprint density at radius 1 is 1.00 bits per heavy atom. The Morgan fingerprint density at radius 3 is 2.75 bits per heavy atom. The molecule has 0 atom stereocenters. The van der Waals surface area contributed by atoms with E-state index in [1.54, 1.807) is 0 Å². The van der Waals surface area contributed by atoms with Gasteiger partial charge in [0.05, 0.1) is 5.69 Å². The number of hydrogen-bond donors (Lipinski definition) is 0. The Kier molecular flexibility index (Phi) is 1.55. The minimum atomic E-state index is -0.297. The van der Waals surface area contributed by atoms with Crippen molar-refractivity contribution < 1.29 is 0 Å². The van der Waals surface area contributed by atoms with Crippen LogP contribution < -0.4 is 5.56 Å². The van der Waals surface area contributed by atoms with Gasteiger partial charge in [0.25, 0.3) is 5.56 Å². The van der Waals surface area contributed by atoms with Gasteiger partial charge < -0.3 is 0 Å². The summed E-state index contributed by atoms with van der Waals surface area (Å²) < 4.78 is 0. The molecular weight excluding hydrogens is 152 g/mol. The Morgan fingerprint density at radius 2 is 1.83 bits per heavy atom. The van der Waals surface area contributed by atoms with Gasteiger partial charge in [-0.25, -0.2) is 0 Å². The Labute approximate surface area is 69.0 Å². The summed E-state index contributed by atoms with van der Waals surface area (Å²) in [5.74, 6) is 0. The molecule has 3 nitrogen and oxygen atoms in total. The van der Waals surface area contributed by atoms with E-state index in [0.29, 0.717) is 0 Å². The van der Waals surface area contributed by atoms with Crippen LogP contribution in [0.3, 0.4) is 0 Å². The van der Waals surface area contributed by atoms with E-state index in [4.69, 9.17) is 0 Å². The second-order valence-corrected chi connectivity index (χ2v) is 2.43. The first-order chi connectivity index (χ1) is 5.86. The van der Waals surface area contributed by atoms with E-state index in [2.05, 4.69) is 10.2 Å². The van der Waals surface area contributed by atoms with E-state index in [9.17, 15) is 4.79 Å². The van der Waals surface area contributed by atoms with Gasteiger partial charge in [-0.05, 0) is 6.07 Å². The SMILES string of the molecule is O=c1cc2cccccc-2nn1. The zero-order valence-electron chi connectivity index (χ0n) is 6.27. The maximum Gasteiger partial charge on any atom is 0.288 e. The third kappa shape index (κ3) is 1.16. The average Bonchev–Trinajstić information content (AvgIpc) is 2.28. The highest BCUT2D eigenvalue weighted by Gasteiger charge is 1.99. The number of hydrogen-bond acceptors (Lipinski definition) is 3. The van der Waals surface area contributed by atoms with Crippen molar-refractivity contribution in [2.75, 3.05) is 0 Å². The number of fused-ring (bicyclic) bond motifs is 1. The van der Waals surface area contributed by atoms with E-state index in [1.165, 1.54) is 6.07 Å². The third-order valence-corrected chi connectivity index (χ3v) is 1.58. The lowest BCUT2D eigenvalue weighted by atomic mass is 10.2. The number of nitrogens with zero attached hydrogens (tertiary/aromatic N) is 2.